The highest BCUT2D eigenvalue weighted by Gasteiger charge is 2.60. The zero-order valence-electron chi connectivity index (χ0n) is 8.41. The number of ketones is 1. The minimum absolute atomic E-state index is 0.149. The number of carbonyl (C=O) groups is 2. The summed E-state index contributed by atoms with van der Waals surface area (Å²) < 4.78 is 0. The van der Waals surface area contributed by atoms with Gasteiger partial charge in [0, 0.05) is 5.92 Å². The van der Waals surface area contributed by atoms with Crippen LogP contribution in [0.25, 0.3) is 0 Å². The maximum Gasteiger partial charge on any atom is 0.146 e. The van der Waals surface area contributed by atoms with Crippen molar-refractivity contribution in [1.29, 1.82) is 0 Å². The van der Waals surface area contributed by atoms with Crippen LogP contribution in [0.5, 0.6) is 0 Å². The summed E-state index contributed by atoms with van der Waals surface area (Å²) in [6.45, 7) is 6.35. The first-order valence-electron chi connectivity index (χ1n) is 4.99. The van der Waals surface area contributed by atoms with E-state index in [0.717, 1.165) is 12.7 Å². The molecule has 2 nitrogen and oxygen atoms in total. The van der Waals surface area contributed by atoms with Gasteiger partial charge >= 0.3 is 0 Å². The molecule has 0 amide bonds. The van der Waals surface area contributed by atoms with E-state index in [1.54, 1.807) is 0 Å². The average Bonchev–Trinajstić information content (AvgIpc) is 2.02. The zero-order chi connectivity index (χ0) is 9.80. The smallest absolute Gasteiger partial charge is 0.146 e. The van der Waals surface area contributed by atoms with Crippen LogP contribution in [0.15, 0.2) is 0 Å². The molecule has 0 spiro atoms. The Hall–Kier alpha value is -0.660. The maximum atomic E-state index is 11.8. The molecule has 0 aromatic heterocycles. The molecule has 3 rings (SSSR count). The van der Waals surface area contributed by atoms with Gasteiger partial charge in [-0.05, 0) is 23.7 Å². The largest absolute Gasteiger partial charge is 0.303 e. The lowest BCUT2D eigenvalue weighted by molar-refractivity contribution is -0.168. The standard InChI is InChI=1S/C11H16O2/c1-6-7(5-12)10(13)9-4-8(6)11(9,2)3/h5-9H,4H2,1-3H3. The summed E-state index contributed by atoms with van der Waals surface area (Å²) in [6, 6.07) is 0. The second kappa shape index (κ2) is 2.43. The van der Waals surface area contributed by atoms with Crippen LogP contribution in [-0.4, -0.2) is 12.1 Å². The second-order valence-corrected chi connectivity index (χ2v) is 5.14. The van der Waals surface area contributed by atoms with E-state index in [2.05, 4.69) is 13.8 Å². The normalized spacial score (nSPS) is 46.8. The predicted octanol–water partition coefficient (Wildman–Crippen LogP) is 1.68. The molecule has 0 aliphatic heterocycles. The first-order chi connectivity index (χ1) is 6.00. The lowest BCUT2D eigenvalue weighted by Crippen LogP contribution is -2.60. The van der Waals surface area contributed by atoms with Crippen molar-refractivity contribution in [1.82, 2.24) is 0 Å². The fourth-order valence-corrected chi connectivity index (χ4v) is 3.27. The van der Waals surface area contributed by atoms with Gasteiger partial charge in [0.15, 0.2) is 0 Å². The van der Waals surface area contributed by atoms with Crippen molar-refractivity contribution < 1.29 is 9.59 Å². The van der Waals surface area contributed by atoms with Gasteiger partial charge in [-0.3, -0.25) is 4.79 Å². The van der Waals surface area contributed by atoms with Gasteiger partial charge in [-0.15, -0.1) is 0 Å². The number of carbonyl (C=O) groups excluding carboxylic acids is 2. The van der Waals surface area contributed by atoms with Crippen molar-refractivity contribution >= 4 is 12.1 Å². The van der Waals surface area contributed by atoms with Gasteiger partial charge in [-0.1, -0.05) is 20.8 Å². The van der Waals surface area contributed by atoms with E-state index in [1.807, 2.05) is 6.92 Å². The van der Waals surface area contributed by atoms with Crippen molar-refractivity contribution in [2.75, 3.05) is 0 Å². The van der Waals surface area contributed by atoms with Crippen molar-refractivity contribution in [2.24, 2.45) is 29.1 Å². The summed E-state index contributed by atoms with van der Waals surface area (Å²) in [5.74, 6) is 0.867. The molecule has 4 atom stereocenters. The van der Waals surface area contributed by atoms with Gasteiger partial charge in [0.2, 0.25) is 0 Å². The second-order valence-electron chi connectivity index (χ2n) is 5.14. The third-order valence-corrected chi connectivity index (χ3v) is 4.36. The van der Waals surface area contributed by atoms with E-state index >= 15 is 0 Å². The highest BCUT2D eigenvalue weighted by molar-refractivity contribution is 5.97. The summed E-state index contributed by atoms with van der Waals surface area (Å²) in [4.78, 5) is 22.5. The monoisotopic (exact) mass is 180 g/mol. The molecule has 0 radical (unpaired) electrons. The van der Waals surface area contributed by atoms with Crippen LogP contribution in [0.3, 0.4) is 0 Å². The van der Waals surface area contributed by atoms with Gasteiger partial charge in [-0.25, -0.2) is 0 Å². The lowest BCUT2D eigenvalue weighted by atomic mass is 9.43. The fraction of sp³-hybridized carbons (Fsp3) is 0.818. The molecular weight excluding hydrogens is 164 g/mol. The van der Waals surface area contributed by atoms with Crippen LogP contribution in [0.2, 0.25) is 0 Å². The number of Topliss-reactive ketones (excluding diaryl/α,β-unsaturated/α-hetero) is 1. The molecule has 3 aliphatic rings. The molecule has 3 aliphatic carbocycles. The van der Waals surface area contributed by atoms with Crippen LogP contribution < -0.4 is 0 Å². The molecule has 3 saturated carbocycles. The Bertz CT molecular complexity index is 267. The zero-order valence-corrected chi connectivity index (χ0v) is 8.41. The molecule has 0 saturated heterocycles. The molecule has 0 aromatic rings. The molecule has 3 fully saturated rings. The average molecular weight is 180 g/mol. The third-order valence-electron chi connectivity index (χ3n) is 4.36. The Morgan fingerprint density at radius 1 is 1.46 bits per heavy atom. The minimum atomic E-state index is -0.309. The van der Waals surface area contributed by atoms with Gasteiger partial charge in [-0.2, -0.15) is 0 Å². The Balaban J connectivity index is 2.31. The predicted molar refractivity (Wildman–Crippen MR) is 49.1 cm³/mol. The molecule has 0 aromatic carbocycles. The van der Waals surface area contributed by atoms with E-state index in [4.69, 9.17) is 0 Å². The van der Waals surface area contributed by atoms with Crippen LogP contribution in [-0.2, 0) is 9.59 Å². The number of aldehydes is 1. The Morgan fingerprint density at radius 3 is 2.46 bits per heavy atom. The highest BCUT2D eigenvalue weighted by atomic mass is 16.1. The summed E-state index contributed by atoms with van der Waals surface area (Å²) in [6.07, 6.45) is 1.86. The van der Waals surface area contributed by atoms with Gasteiger partial charge in [0.05, 0.1) is 5.92 Å². The van der Waals surface area contributed by atoms with Crippen LogP contribution in [0, 0.1) is 29.1 Å². The molecule has 4 unspecified atom stereocenters. The molecule has 2 heteroatoms. The van der Waals surface area contributed by atoms with Crippen molar-refractivity contribution in [2.45, 2.75) is 27.2 Å². The summed E-state index contributed by atoms with van der Waals surface area (Å²) in [5.41, 5.74) is 0.149. The van der Waals surface area contributed by atoms with Gasteiger partial charge in [0.1, 0.15) is 12.1 Å². The molecule has 2 bridgehead atoms. The van der Waals surface area contributed by atoms with E-state index in [-0.39, 0.29) is 29.0 Å². The van der Waals surface area contributed by atoms with Crippen molar-refractivity contribution in [3.05, 3.63) is 0 Å². The van der Waals surface area contributed by atoms with E-state index in [9.17, 15) is 9.59 Å². The van der Waals surface area contributed by atoms with Crippen molar-refractivity contribution in [3.63, 3.8) is 0 Å². The van der Waals surface area contributed by atoms with Crippen molar-refractivity contribution in [3.8, 4) is 0 Å². The molecule has 0 N–H and O–H groups in total. The summed E-state index contributed by atoms with van der Waals surface area (Å²) in [7, 11) is 0. The summed E-state index contributed by atoms with van der Waals surface area (Å²) >= 11 is 0. The maximum absolute atomic E-state index is 11.8. The Labute approximate surface area is 78.7 Å². The summed E-state index contributed by atoms with van der Waals surface area (Å²) in [5, 5.41) is 0. The molecule has 0 heterocycles. The van der Waals surface area contributed by atoms with Crippen LogP contribution in [0.1, 0.15) is 27.2 Å². The molecule has 72 valence electrons. The number of hydrogen-bond donors (Lipinski definition) is 0. The Kier molecular flexibility index (Phi) is 1.67. The number of rotatable bonds is 1. The fourth-order valence-electron chi connectivity index (χ4n) is 3.27. The number of hydrogen-bond acceptors (Lipinski definition) is 2. The number of fused-ring (bicyclic) bond motifs is 2. The lowest BCUT2D eigenvalue weighted by Gasteiger charge is -2.59. The molecular formula is C11H16O2. The van der Waals surface area contributed by atoms with Gasteiger partial charge in [0.25, 0.3) is 0 Å². The van der Waals surface area contributed by atoms with Crippen LogP contribution >= 0.6 is 0 Å². The first kappa shape index (κ1) is 8.92. The minimum Gasteiger partial charge on any atom is -0.303 e. The Morgan fingerprint density at radius 2 is 2.08 bits per heavy atom. The van der Waals surface area contributed by atoms with E-state index in [1.165, 1.54) is 0 Å². The molecule has 13 heavy (non-hydrogen) atoms. The van der Waals surface area contributed by atoms with Gasteiger partial charge < -0.3 is 4.79 Å². The quantitative estimate of drug-likeness (QED) is 0.454. The SMILES string of the molecule is CC1C(C=O)C(=O)C2CC1C2(C)C. The first-order valence-corrected chi connectivity index (χ1v) is 4.99. The van der Waals surface area contributed by atoms with E-state index < -0.39 is 0 Å². The topological polar surface area (TPSA) is 34.1 Å². The third kappa shape index (κ3) is 0.890. The highest BCUT2D eigenvalue weighted by Crippen LogP contribution is 2.60. The van der Waals surface area contributed by atoms with E-state index in [0.29, 0.717) is 5.92 Å². The van der Waals surface area contributed by atoms with Crippen LogP contribution in [0.4, 0.5) is 0 Å².